The van der Waals surface area contributed by atoms with E-state index in [9.17, 15) is 14.4 Å². The number of aryl methyl sites for hydroxylation is 1. The van der Waals surface area contributed by atoms with Crippen LogP contribution in [-0.4, -0.2) is 41.9 Å². The standard InChI is InChI=1S/C24H26N2O4S/c1-4-17-9-11-18(12-10-17)16(2)25-22(28)14-26-23(29)15-31-24(26)13-20(27)19-7-5-6-8-21(19)30-3/h5-13,16H,4,14-15H2,1-3H3,(H,25,28)/b24-13-. The fourth-order valence-corrected chi connectivity index (χ4v) is 4.23. The molecule has 31 heavy (non-hydrogen) atoms. The number of rotatable bonds is 8. The van der Waals surface area contributed by atoms with E-state index in [4.69, 9.17) is 4.74 Å². The first-order chi connectivity index (χ1) is 14.9. The number of amides is 2. The molecule has 1 atom stereocenters. The van der Waals surface area contributed by atoms with Crippen molar-refractivity contribution in [3.8, 4) is 5.75 Å². The number of nitrogens with zero attached hydrogens (tertiary/aromatic N) is 1. The highest BCUT2D eigenvalue weighted by atomic mass is 32.2. The zero-order valence-corrected chi connectivity index (χ0v) is 18.7. The Balaban J connectivity index is 1.68. The number of hydrogen-bond donors (Lipinski definition) is 1. The molecule has 0 saturated carbocycles. The van der Waals surface area contributed by atoms with Crippen molar-refractivity contribution < 1.29 is 19.1 Å². The third kappa shape index (κ3) is 5.55. The Morgan fingerprint density at radius 2 is 1.90 bits per heavy atom. The Bertz CT molecular complexity index is 1000. The Kier molecular flexibility index (Phi) is 7.52. The highest BCUT2D eigenvalue weighted by Gasteiger charge is 2.29. The zero-order valence-electron chi connectivity index (χ0n) is 17.9. The van der Waals surface area contributed by atoms with Crippen LogP contribution in [0.15, 0.2) is 59.6 Å². The summed E-state index contributed by atoms with van der Waals surface area (Å²) in [4.78, 5) is 39.0. The third-order valence-electron chi connectivity index (χ3n) is 5.10. The second-order valence-electron chi connectivity index (χ2n) is 7.20. The van der Waals surface area contributed by atoms with Gasteiger partial charge in [-0.3, -0.25) is 19.3 Å². The summed E-state index contributed by atoms with van der Waals surface area (Å²) in [6.45, 7) is 3.87. The van der Waals surface area contributed by atoms with Gasteiger partial charge in [-0.2, -0.15) is 0 Å². The molecule has 3 rings (SSSR count). The topological polar surface area (TPSA) is 75.7 Å². The van der Waals surface area contributed by atoms with Crippen molar-refractivity contribution in [2.24, 2.45) is 0 Å². The highest BCUT2D eigenvalue weighted by molar-refractivity contribution is 8.04. The number of carbonyl (C=O) groups excluding carboxylic acids is 3. The fourth-order valence-electron chi connectivity index (χ4n) is 3.29. The van der Waals surface area contributed by atoms with Gasteiger partial charge >= 0.3 is 0 Å². The number of para-hydroxylation sites is 1. The van der Waals surface area contributed by atoms with Crippen molar-refractivity contribution in [2.45, 2.75) is 26.3 Å². The van der Waals surface area contributed by atoms with Crippen molar-refractivity contribution in [1.29, 1.82) is 0 Å². The number of ketones is 1. The van der Waals surface area contributed by atoms with Crippen molar-refractivity contribution >= 4 is 29.4 Å². The van der Waals surface area contributed by atoms with E-state index in [0.29, 0.717) is 16.3 Å². The smallest absolute Gasteiger partial charge is 0.240 e. The number of nitrogens with one attached hydrogen (secondary N) is 1. The van der Waals surface area contributed by atoms with Crippen LogP contribution < -0.4 is 10.1 Å². The van der Waals surface area contributed by atoms with Gasteiger partial charge in [-0.1, -0.05) is 55.1 Å². The summed E-state index contributed by atoms with van der Waals surface area (Å²) >= 11 is 1.25. The van der Waals surface area contributed by atoms with E-state index in [0.717, 1.165) is 12.0 Å². The lowest BCUT2D eigenvalue weighted by Crippen LogP contribution is -2.38. The molecule has 1 aliphatic rings. The molecule has 0 aliphatic carbocycles. The molecule has 1 N–H and O–H groups in total. The molecule has 1 saturated heterocycles. The average molecular weight is 439 g/mol. The number of thioether (sulfide) groups is 1. The van der Waals surface area contributed by atoms with Crippen LogP contribution in [0.1, 0.15) is 41.4 Å². The minimum Gasteiger partial charge on any atom is -0.496 e. The minimum absolute atomic E-state index is 0.131. The molecule has 1 unspecified atom stereocenters. The van der Waals surface area contributed by atoms with Crippen LogP contribution in [0.4, 0.5) is 0 Å². The molecule has 2 aromatic carbocycles. The maximum atomic E-state index is 12.7. The molecule has 0 aromatic heterocycles. The second-order valence-corrected chi connectivity index (χ2v) is 8.20. The monoisotopic (exact) mass is 438 g/mol. The number of allylic oxidation sites excluding steroid dienone is 1. The van der Waals surface area contributed by atoms with Crippen LogP contribution >= 0.6 is 11.8 Å². The van der Waals surface area contributed by atoms with E-state index in [-0.39, 0.29) is 35.9 Å². The van der Waals surface area contributed by atoms with Gasteiger partial charge in [0.1, 0.15) is 12.3 Å². The van der Waals surface area contributed by atoms with Gasteiger partial charge in [-0.15, -0.1) is 0 Å². The first-order valence-electron chi connectivity index (χ1n) is 10.1. The summed E-state index contributed by atoms with van der Waals surface area (Å²) in [5, 5.41) is 3.40. The predicted octanol–water partition coefficient (Wildman–Crippen LogP) is 3.73. The number of methoxy groups -OCH3 is 1. The first kappa shape index (κ1) is 22.6. The summed E-state index contributed by atoms with van der Waals surface area (Å²) in [5.41, 5.74) is 2.64. The normalized spacial score (nSPS) is 15.8. The summed E-state index contributed by atoms with van der Waals surface area (Å²) < 4.78 is 5.24. The minimum atomic E-state index is -0.279. The molecule has 1 aliphatic heterocycles. The van der Waals surface area contributed by atoms with Crippen LogP contribution in [0.25, 0.3) is 0 Å². The van der Waals surface area contributed by atoms with Gasteiger partial charge < -0.3 is 10.1 Å². The molecule has 0 spiro atoms. The van der Waals surface area contributed by atoms with Gasteiger partial charge in [0.2, 0.25) is 11.8 Å². The van der Waals surface area contributed by atoms with Crippen LogP contribution in [0.3, 0.4) is 0 Å². The van der Waals surface area contributed by atoms with Gasteiger partial charge in [0.15, 0.2) is 5.78 Å². The number of benzene rings is 2. The maximum absolute atomic E-state index is 12.7. The molecule has 6 nitrogen and oxygen atoms in total. The van der Waals surface area contributed by atoms with Gasteiger partial charge in [-0.05, 0) is 36.6 Å². The predicted molar refractivity (Wildman–Crippen MR) is 122 cm³/mol. The zero-order chi connectivity index (χ0) is 22.4. The average Bonchev–Trinajstić information content (AvgIpc) is 3.12. The van der Waals surface area contributed by atoms with Gasteiger partial charge in [-0.25, -0.2) is 0 Å². The van der Waals surface area contributed by atoms with Crippen LogP contribution in [0.5, 0.6) is 5.75 Å². The molecule has 1 heterocycles. The third-order valence-corrected chi connectivity index (χ3v) is 6.13. The molecule has 162 valence electrons. The molecule has 2 aromatic rings. The molecule has 0 radical (unpaired) electrons. The summed E-state index contributed by atoms with van der Waals surface area (Å²) in [6, 6.07) is 14.8. The Morgan fingerprint density at radius 1 is 1.19 bits per heavy atom. The van der Waals surface area contributed by atoms with E-state index in [2.05, 4.69) is 12.2 Å². The molecule has 7 heteroatoms. The fraction of sp³-hybridized carbons (Fsp3) is 0.292. The lowest BCUT2D eigenvalue weighted by molar-refractivity contribution is -0.131. The van der Waals surface area contributed by atoms with Gasteiger partial charge in [0.05, 0.1) is 29.5 Å². The molecular weight excluding hydrogens is 412 g/mol. The Morgan fingerprint density at radius 3 is 2.58 bits per heavy atom. The SMILES string of the molecule is CCc1ccc(C(C)NC(=O)CN2C(=O)CS/C2=C\C(=O)c2ccccc2OC)cc1. The van der Waals surface area contributed by atoms with E-state index >= 15 is 0 Å². The van der Waals surface area contributed by atoms with E-state index < -0.39 is 0 Å². The molecular formula is C24H26N2O4S. The van der Waals surface area contributed by atoms with Gasteiger partial charge in [0.25, 0.3) is 0 Å². The number of carbonyl (C=O) groups is 3. The quantitative estimate of drug-likeness (QED) is 0.502. The summed E-state index contributed by atoms with van der Waals surface area (Å²) in [5.74, 6) is -0.0835. The lowest BCUT2D eigenvalue weighted by Gasteiger charge is -2.20. The van der Waals surface area contributed by atoms with Crippen LogP contribution in [0.2, 0.25) is 0 Å². The van der Waals surface area contributed by atoms with Gasteiger partial charge in [0, 0.05) is 6.08 Å². The van der Waals surface area contributed by atoms with Crippen LogP contribution in [-0.2, 0) is 16.0 Å². The van der Waals surface area contributed by atoms with Crippen molar-refractivity contribution in [2.75, 3.05) is 19.4 Å². The second kappa shape index (κ2) is 10.3. The Hall–Kier alpha value is -3.06. The van der Waals surface area contributed by atoms with E-state index in [1.165, 1.54) is 35.4 Å². The van der Waals surface area contributed by atoms with Crippen LogP contribution in [0, 0.1) is 0 Å². The number of hydrogen-bond acceptors (Lipinski definition) is 5. The summed E-state index contributed by atoms with van der Waals surface area (Å²) in [7, 11) is 1.50. The Labute approximate surface area is 186 Å². The maximum Gasteiger partial charge on any atom is 0.240 e. The van der Waals surface area contributed by atoms with E-state index in [1.54, 1.807) is 24.3 Å². The van der Waals surface area contributed by atoms with E-state index in [1.807, 2.05) is 31.2 Å². The lowest BCUT2D eigenvalue weighted by atomic mass is 10.1. The molecule has 2 amide bonds. The molecule has 1 fully saturated rings. The van der Waals surface area contributed by atoms with Crippen molar-refractivity contribution in [3.05, 3.63) is 76.3 Å². The summed E-state index contributed by atoms with van der Waals surface area (Å²) in [6.07, 6.45) is 2.35. The largest absolute Gasteiger partial charge is 0.496 e. The number of ether oxygens (including phenoxy) is 1. The van der Waals surface area contributed by atoms with Crippen molar-refractivity contribution in [1.82, 2.24) is 10.2 Å². The van der Waals surface area contributed by atoms with Crippen molar-refractivity contribution in [3.63, 3.8) is 0 Å². The first-order valence-corrected chi connectivity index (χ1v) is 11.1. The highest BCUT2D eigenvalue weighted by Crippen LogP contribution is 2.30. The molecule has 0 bridgehead atoms.